The standard InChI is InChI=1S/C12H10F3NO3/c1-19-8-4-2-7(11(17)18)6-3-5-9(12(13,14)15)16-10(6)8/h2-5,9,16H,1H3,(H,17,18). The smallest absolute Gasteiger partial charge is 0.412 e. The van der Waals surface area contributed by atoms with Crippen molar-refractivity contribution >= 4 is 17.7 Å². The summed E-state index contributed by atoms with van der Waals surface area (Å²) in [7, 11) is 1.30. The fraction of sp³-hybridized carbons (Fsp3) is 0.250. The van der Waals surface area contributed by atoms with E-state index in [1.807, 2.05) is 0 Å². The lowest BCUT2D eigenvalue weighted by Crippen LogP contribution is -2.36. The van der Waals surface area contributed by atoms with Gasteiger partial charge in [0.05, 0.1) is 18.4 Å². The van der Waals surface area contributed by atoms with Crippen molar-refractivity contribution in [2.24, 2.45) is 0 Å². The lowest BCUT2D eigenvalue weighted by Gasteiger charge is -2.26. The largest absolute Gasteiger partial charge is 0.495 e. The van der Waals surface area contributed by atoms with Crippen LogP contribution in [-0.2, 0) is 0 Å². The van der Waals surface area contributed by atoms with Gasteiger partial charge in [0.1, 0.15) is 11.8 Å². The molecule has 2 rings (SSSR count). The molecule has 1 aliphatic rings. The number of hydrogen-bond acceptors (Lipinski definition) is 3. The van der Waals surface area contributed by atoms with Crippen LogP contribution in [0.4, 0.5) is 18.9 Å². The molecule has 0 saturated heterocycles. The molecule has 1 aliphatic heterocycles. The first kappa shape index (κ1) is 13.3. The maximum absolute atomic E-state index is 12.7. The van der Waals surface area contributed by atoms with Crippen LogP contribution in [0.1, 0.15) is 15.9 Å². The van der Waals surface area contributed by atoms with E-state index in [0.717, 1.165) is 12.2 Å². The molecule has 0 aromatic heterocycles. The van der Waals surface area contributed by atoms with Gasteiger partial charge in [0, 0.05) is 5.56 Å². The third-order valence-electron chi connectivity index (χ3n) is 2.77. The van der Waals surface area contributed by atoms with Crippen molar-refractivity contribution < 1.29 is 27.8 Å². The number of rotatable bonds is 2. The Morgan fingerprint density at radius 1 is 1.42 bits per heavy atom. The van der Waals surface area contributed by atoms with Gasteiger partial charge in [0.2, 0.25) is 0 Å². The van der Waals surface area contributed by atoms with Crippen LogP contribution in [0.15, 0.2) is 18.2 Å². The molecule has 19 heavy (non-hydrogen) atoms. The monoisotopic (exact) mass is 273 g/mol. The highest BCUT2D eigenvalue weighted by Crippen LogP contribution is 2.38. The maximum Gasteiger partial charge on any atom is 0.412 e. The highest BCUT2D eigenvalue weighted by Gasteiger charge is 2.40. The summed E-state index contributed by atoms with van der Waals surface area (Å²) >= 11 is 0. The van der Waals surface area contributed by atoms with Crippen LogP contribution in [0.3, 0.4) is 0 Å². The molecule has 0 radical (unpaired) electrons. The molecule has 2 N–H and O–H groups in total. The lowest BCUT2D eigenvalue weighted by molar-refractivity contribution is -0.132. The number of carbonyl (C=O) groups is 1. The van der Waals surface area contributed by atoms with E-state index < -0.39 is 18.2 Å². The zero-order valence-electron chi connectivity index (χ0n) is 9.78. The van der Waals surface area contributed by atoms with Crippen molar-refractivity contribution in [1.82, 2.24) is 0 Å². The number of carboxylic acids is 1. The predicted molar refractivity (Wildman–Crippen MR) is 62.5 cm³/mol. The second kappa shape index (κ2) is 4.49. The second-order valence-corrected chi connectivity index (χ2v) is 3.93. The number of benzene rings is 1. The average Bonchev–Trinajstić information content (AvgIpc) is 2.35. The number of nitrogens with one attached hydrogen (secondary N) is 1. The number of aromatic carboxylic acids is 1. The van der Waals surface area contributed by atoms with Gasteiger partial charge in [0.25, 0.3) is 0 Å². The fourth-order valence-corrected chi connectivity index (χ4v) is 1.87. The summed E-state index contributed by atoms with van der Waals surface area (Å²) in [6, 6.07) is 0.750. The Balaban J connectivity index is 2.54. The number of methoxy groups -OCH3 is 1. The van der Waals surface area contributed by atoms with Crippen LogP contribution in [-0.4, -0.2) is 30.4 Å². The molecular formula is C12H10F3NO3. The molecule has 4 nitrogen and oxygen atoms in total. The van der Waals surface area contributed by atoms with Crippen molar-refractivity contribution in [2.75, 3.05) is 12.4 Å². The Hall–Kier alpha value is -2.18. The molecule has 0 aliphatic carbocycles. The Morgan fingerprint density at radius 3 is 2.63 bits per heavy atom. The van der Waals surface area contributed by atoms with Crippen LogP contribution < -0.4 is 10.1 Å². The quantitative estimate of drug-likeness (QED) is 0.869. The van der Waals surface area contributed by atoms with Crippen molar-refractivity contribution in [3.8, 4) is 5.75 Å². The number of carboxylic acid groups (broad SMARTS) is 1. The maximum atomic E-state index is 12.7. The first-order chi connectivity index (χ1) is 8.84. The molecule has 1 heterocycles. The van der Waals surface area contributed by atoms with Gasteiger partial charge in [-0.05, 0) is 12.1 Å². The van der Waals surface area contributed by atoms with Gasteiger partial charge >= 0.3 is 12.1 Å². The molecule has 7 heteroatoms. The topological polar surface area (TPSA) is 58.6 Å². The number of fused-ring (bicyclic) bond motifs is 1. The zero-order valence-corrected chi connectivity index (χ0v) is 9.78. The molecule has 0 bridgehead atoms. The third kappa shape index (κ3) is 2.35. The van der Waals surface area contributed by atoms with Crippen molar-refractivity contribution in [3.05, 3.63) is 29.3 Å². The van der Waals surface area contributed by atoms with E-state index in [9.17, 15) is 18.0 Å². The van der Waals surface area contributed by atoms with E-state index >= 15 is 0 Å². The molecular weight excluding hydrogens is 263 g/mol. The first-order valence-corrected chi connectivity index (χ1v) is 5.30. The minimum atomic E-state index is -4.46. The molecule has 0 amide bonds. The van der Waals surface area contributed by atoms with Crippen molar-refractivity contribution in [2.45, 2.75) is 12.2 Å². The SMILES string of the molecule is COc1ccc(C(=O)O)c2c1NC(C(F)(F)F)C=C2. The average molecular weight is 273 g/mol. The molecule has 1 aromatic rings. The van der Waals surface area contributed by atoms with Gasteiger partial charge in [-0.1, -0.05) is 12.2 Å². The molecule has 0 saturated carbocycles. The minimum absolute atomic E-state index is 0.0345. The molecule has 1 atom stereocenters. The van der Waals surface area contributed by atoms with E-state index in [0.29, 0.717) is 0 Å². The van der Waals surface area contributed by atoms with E-state index in [1.165, 1.54) is 19.2 Å². The van der Waals surface area contributed by atoms with E-state index in [2.05, 4.69) is 5.32 Å². The fourth-order valence-electron chi connectivity index (χ4n) is 1.87. The van der Waals surface area contributed by atoms with Crippen LogP contribution in [0.2, 0.25) is 0 Å². The Morgan fingerprint density at radius 2 is 2.11 bits per heavy atom. The Labute approximate surface area is 106 Å². The summed E-state index contributed by atoms with van der Waals surface area (Å²) in [6.07, 6.45) is -2.43. The van der Waals surface area contributed by atoms with Gasteiger partial charge in [-0.3, -0.25) is 0 Å². The summed E-state index contributed by atoms with van der Waals surface area (Å²) in [5, 5.41) is 11.3. The lowest BCUT2D eigenvalue weighted by atomic mass is 9.99. The normalized spacial score (nSPS) is 17.6. The van der Waals surface area contributed by atoms with Crippen LogP contribution in [0.25, 0.3) is 6.08 Å². The van der Waals surface area contributed by atoms with Gasteiger partial charge in [0.15, 0.2) is 0 Å². The molecule has 0 fully saturated rings. The summed E-state index contributed by atoms with van der Waals surface area (Å²) in [6.45, 7) is 0. The highest BCUT2D eigenvalue weighted by molar-refractivity contribution is 5.97. The number of hydrogen-bond donors (Lipinski definition) is 2. The highest BCUT2D eigenvalue weighted by atomic mass is 19.4. The number of anilines is 1. The van der Waals surface area contributed by atoms with Crippen LogP contribution >= 0.6 is 0 Å². The van der Waals surface area contributed by atoms with Crippen LogP contribution in [0, 0.1) is 0 Å². The Kier molecular flexibility index (Phi) is 3.13. The first-order valence-electron chi connectivity index (χ1n) is 5.30. The second-order valence-electron chi connectivity index (χ2n) is 3.93. The van der Waals surface area contributed by atoms with E-state index in [-0.39, 0.29) is 22.6 Å². The van der Waals surface area contributed by atoms with Gasteiger partial charge in [-0.2, -0.15) is 13.2 Å². The zero-order chi connectivity index (χ0) is 14.2. The van der Waals surface area contributed by atoms with Gasteiger partial charge < -0.3 is 15.2 Å². The molecule has 102 valence electrons. The minimum Gasteiger partial charge on any atom is -0.495 e. The number of ether oxygens (including phenoxy) is 1. The number of alkyl halides is 3. The summed E-state index contributed by atoms with van der Waals surface area (Å²) in [4.78, 5) is 11.0. The summed E-state index contributed by atoms with van der Waals surface area (Å²) < 4.78 is 42.9. The van der Waals surface area contributed by atoms with Gasteiger partial charge in [-0.15, -0.1) is 0 Å². The van der Waals surface area contributed by atoms with E-state index in [4.69, 9.17) is 9.84 Å². The Bertz CT molecular complexity index is 552. The molecule has 0 spiro atoms. The summed E-state index contributed by atoms with van der Waals surface area (Å²) in [5.41, 5.74) is 0.125. The number of halogens is 3. The molecule has 1 unspecified atom stereocenters. The third-order valence-corrected chi connectivity index (χ3v) is 2.77. The molecule has 1 aromatic carbocycles. The van der Waals surface area contributed by atoms with Crippen molar-refractivity contribution in [1.29, 1.82) is 0 Å². The van der Waals surface area contributed by atoms with E-state index in [1.54, 1.807) is 0 Å². The van der Waals surface area contributed by atoms with Crippen LogP contribution in [0.5, 0.6) is 5.75 Å². The van der Waals surface area contributed by atoms with Gasteiger partial charge in [-0.25, -0.2) is 4.79 Å². The van der Waals surface area contributed by atoms with Crippen molar-refractivity contribution in [3.63, 3.8) is 0 Å². The predicted octanol–water partition coefficient (Wildman–Crippen LogP) is 2.76. The summed E-state index contributed by atoms with van der Waals surface area (Å²) in [5.74, 6) is -1.05.